The van der Waals surface area contributed by atoms with Gasteiger partial charge in [0, 0.05) is 11.7 Å². The molecular formula is C13H21N3O. The topological polar surface area (TPSA) is 61.0 Å². The lowest BCUT2D eigenvalue weighted by atomic mass is 9.99. The summed E-state index contributed by atoms with van der Waals surface area (Å²) in [7, 11) is 1.60. The van der Waals surface area contributed by atoms with Crippen LogP contribution in [0.15, 0.2) is 6.20 Å². The maximum absolute atomic E-state index is 6.11. The SMILES string of the molecule is COc1ncc(CCC2(N)CC2)c(C(C)C)n1. The second-order valence-corrected chi connectivity index (χ2v) is 5.28. The molecule has 0 radical (unpaired) electrons. The van der Waals surface area contributed by atoms with E-state index in [1.165, 1.54) is 5.56 Å². The van der Waals surface area contributed by atoms with Crippen molar-refractivity contribution in [3.63, 3.8) is 0 Å². The average Bonchev–Trinajstić information content (AvgIpc) is 3.05. The Kier molecular flexibility index (Phi) is 3.33. The number of methoxy groups -OCH3 is 1. The van der Waals surface area contributed by atoms with E-state index >= 15 is 0 Å². The van der Waals surface area contributed by atoms with Crippen molar-refractivity contribution in [2.24, 2.45) is 5.73 Å². The van der Waals surface area contributed by atoms with Gasteiger partial charge < -0.3 is 10.5 Å². The summed E-state index contributed by atoms with van der Waals surface area (Å²) in [5, 5.41) is 0. The van der Waals surface area contributed by atoms with Gasteiger partial charge in [0.25, 0.3) is 0 Å². The van der Waals surface area contributed by atoms with Crippen LogP contribution in [0.25, 0.3) is 0 Å². The molecule has 0 bridgehead atoms. The first-order valence-electron chi connectivity index (χ1n) is 6.23. The molecule has 0 aliphatic heterocycles. The molecule has 0 atom stereocenters. The number of aromatic nitrogens is 2. The number of nitrogens with two attached hydrogens (primary N) is 1. The maximum Gasteiger partial charge on any atom is 0.316 e. The van der Waals surface area contributed by atoms with Gasteiger partial charge in [0.05, 0.1) is 12.8 Å². The van der Waals surface area contributed by atoms with E-state index in [1.54, 1.807) is 7.11 Å². The Morgan fingerprint density at radius 1 is 1.47 bits per heavy atom. The molecule has 94 valence electrons. The van der Waals surface area contributed by atoms with Crippen LogP contribution in [0.5, 0.6) is 6.01 Å². The van der Waals surface area contributed by atoms with Gasteiger partial charge in [0.2, 0.25) is 0 Å². The van der Waals surface area contributed by atoms with Crippen molar-refractivity contribution in [1.82, 2.24) is 9.97 Å². The molecule has 1 fully saturated rings. The van der Waals surface area contributed by atoms with Gasteiger partial charge >= 0.3 is 6.01 Å². The molecule has 0 unspecified atom stereocenters. The summed E-state index contributed by atoms with van der Waals surface area (Å²) in [6.07, 6.45) is 6.19. The van der Waals surface area contributed by atoms with Gasteiger partial charge in [-0.05, 0) is 37.2 Å². The van der Waals surface area contributed by atoms with Crippen molar-refractivity contribution in [1.29, 1.82) is 0 Å². The van der Waals surface area contributed by atoms with Crippen LogP contribution in [0.2, 0.25) is 0 Å². The molecule has 17 heavy (non-hydrogen) atoms. The summed E-state index contributed by atoms with van der Waals surface area (Å²) in [6, 6.07) is 0.450. The average molecular weight is 235 g/mol. The summed E-state index contributed by atoms with van der Waals surface area (Å²) < 4.78 is 5.07. The van der Waals surface area contributed by atoms with Gasteiger partial charge in [-0.2, -0.15) is 4.98 Å². The van der Waals surface area contributed by atoms with E-state index in [1.807, 2.05) is 6.20 Å². The van der Waals surface area contributed by atoms with Crippen LogP contribution < -0.4 is 10.5 Å². The monoisotopic (exact) mass is 235 g/mol. The minimum Gasteiger partial charge on any atom is -0.467 e. The predicted molar refractivity (Wildman–Crippen MR) is 67.1 cm³/mol. The van der Waals surface area contributed by atoms with E-state index in [2.05, 4.69) is 23.8 Å². The molecule has 1 aromatic heterocycles. The second kappa shape index (κ2) is 4.61. The highest BCUT2D eigenvalue weighted by Crippen LogP contribution is 2.37. The fourth-order valence-corrected chi connectivity index (χ4v) is 1.99. The van der Waals surface area contributed by atoms with E-state index in [-0.39, 0.29) is 5.54 Å². The Hall–Kier alpha value is -1.16. The Bertz CT molecular complexity index is 400. The highest BCUT2D eigenvalue weighted by atomic mass is 16.5. The number of rotatable bonds is 5. The largest absolute Gasteiger partial charge is 0.467 e. The minimum atomic E-state index is 0.0914. The first-order chi connectivity index (χ1) is 8.04. The highest BCUT2D eigenvalue weighted by Gasteiger charge is 2.37. The fraction of sp³-hybridized carbons (Fsp3) is 0.692. The van der Waals surface area contributed by atoms with E-state index in [9.17, 15) is 0 Å². The lowest BCUT2D eigenvalue weighted by molar-refractivity contribution is 0.376. The number of aryl methyl sites for hydroxylation is 1. The van der Waals surface area contributed by atoms with Crippen molar-refractivity contribution >= 4 is 0 Å². The molecule has 4 nitrogen and oxygen atoms in total. The van der Waals surface area contributed by atoms with Crippen LogP contribution in [0, 0.1) is 0 Å². The number of nitrogens with zero attached hydrogens (tertiary/aromatic N) is 2. The molecule has 2 N–H and O–H groups in total. The fourth-order valence-electron chi connectivity index (χ4n) is 1.99. The molecule has 2 rings (SSSR count). The van der Waals surface area contributed by atoms with Crippen LogP contribution in [0.3, 0.4) is 0 Å². The zero-order chi connectivity index (χ0) is 12.5. The summed E-state index contributed by atoms with van der Waals surface area (Å²) in [5.74, 6) is 0.384. The first kappa shape index (κ1) is 12.3. The number of hydrogen-bond acceptors (Lipinski definition) is 4. The summed E-state index contributed by atoms with van der Waals surface area (Å²) in [5.41, 5.74) is 8.49. The number of ether oxygens (including phenoxy) is 1. The highest BCUT2D eigenvalue weighted by molar-refractivity contribution is 5.23. The van der Waals surface area contributed by atoms with Gasteiger partial charge in [-0.25, -0.2) is 4.98 Å². The van der Waals surface area contributed by atoms with Crippen molar-refractivity contribution in [3.05, 3.63) is 17.5 Å². The molecule has 1 saturated carbocycles. The lowest BCUT2D eigenvalue weighted by Gasteiger charge is -2.14. The van der Waals surface area contributed by atoms with Gasteiger partial charge in [-0.15, -0.1) is 0 Å². The van der Waals surface area contributed by atoms with E-state index in [0.29, 0.717) is 11.9 Å². The normalized spacial score (nSPS) is 17.2. The summed E-state index contributed by atoms with van der Waals surface area (Å²) in [6.45, 7) is 4.28. The molecule has 1 aliphatic carbocycles. The van der Waals surface area contributed by atoms with E-state index in [0.717, 1.165) is 31.4 Å². The zero-order valence-electron chi connectivity index (χ0n) is 10.9. The second-order valence-electron chi connectivity index (χ2n) is 5.28. The van der Waals surface area contributed by atoms with Gasteiger partial charge in [0.1, 0.15) is 0 Å². The molecule has 4 heteroatoms. The van der Waals surface area contributed by atoms with E-state index in [4.69, 9.17) is 10.5 Å². The smallest absolute Gasteiger partial charge is 0.316 e. The Labute approximate surface area is 103 Å². The molecule has 1 heterocycles. The molecule has 1 aliphatic rings. The predicted octanol–water partition coefficient (Wildman–Crippen LogP) is 2.03. The van der Waals surface area contributed by atoms with E-state index < -0.39 is 0 Å². The van der Waals surface area contributed by atoms with Gasteiger partial charge in [-0.1, -0.05) is 13.8 Å². The van der Waals surface area contributed by atoms with Crippen LogP contribution in [0.4, 0.5) is 0 Å². The molecule has 1 aromatic rings. The van der Waals surface area contributed by atoms with Gasteiger partial charge in [-0.3, -0.25) is 0 Å². The van der Waals surface area contributed by atoms with Crippen LogP contribution >= 0.6 is 0 Å². The van der Waals surface area contributed by atoms with Crippen molar-refractivity contribution in [3.8, 4) is 6.01 Å². The third-order valence-corrected chi connectivity index (χ3v) is 3.39. The standard InChI is InChI=1S/C13H21N3O/c1-9(2)11-10(4-5-13(14)6-7-13)8-15-12(16-11)17-3/h8-9H,4-7,14H2,1-3H3. The van der Waals surface area contributed by atoms with Gasteiger partial charge in [0.15, 0.2) is 0 Å². The summed E-state index contributed by atoms with van der Waals surface area (Å²) in [4.78, 5) is 8.62. The molecular weight excluding hydrogens is 214 g/mol. The third kappa shape index (κ3) is 2.94. The Balaban J connectivity index is 2.13. The van der Waals surface area contributed by atoms with Crippen LogP contribution in [-0.4, -0.2) is 22.6 Å². The summed E-state index contributed by atoms with van der Waals surface area (Å²) >= 11 is 0. The quantitative estimate of drug-likeness (QED) is 0.848. The molecule has 0 amide bonds. The van der Waals surface area contributed by atoms with Crippen molar-refractivity contribution < 1.29 is 4.74 Å². The zero-order valence-corrected chi connectivity index (χ0v) is 10.9. The first-order valence-corrected chi connectivity index (χ1v) is 6.23. The maximum atomic E-state index is 6.11. The molecule has 0 aromatic carbocycles. The van der Waals surface area contributed by atoms with Crippen molar-refractivity contribution in [2.75, 3.05) is 7.11 Å². The molecule has 0 spiro atoms. The van der Waals surface area contributed by atoms with Crippen LogP contribution in [0.1, 0.15) is 50.3 Å². The third-order valence-electron chi connectivity index (χ3n) is 3.39. The lowest BCUT2D eigenvalue weighted by Crippen LogP contribution is -2.22. The minimum absolute atomic E-state index is 0.0914. The Morgan fingerprint density at radius 3 is 2.71 bits per heavy atom. The Morgan fingerprint density at radius 2 is 2.18 bits per heavy atom. The number of hydrogen-bond donors (Lipinski definition) is 1. The van der Waals surface area contributed by atoms with Crippen molar-refractivity contribution in [2.45, 2.75) is 51.0 Å². The van der Waals surface area contributed by atoms with Crippen LogP contribution in [-0.2, 0) is 6.42 Å². The molecule has 0 saturated heterocycles.